The van der Waals surface area contributed by atoms with Gasteiger partial charge >= 0.3 is 0 Å². The highest BCUT2D eigenvalue weighted by atomic mass is 31.0. The summed E-state index contributed by atoms with van der Waals surface area (Å²) in [4.78, 5) is 26.2. The van der Waals surface area contributed by atoms with Crippen molar-refractivity contribution in [3.63, 3.8) is 0 Å². The second-order valence-corrected chi connectivity index (χ2v) is 10.9. The van der Waals surface area contributed by atoms with Gasteiger partial charge in [0.15, 0.2) is 0 Å². The van der Waals surface area contributed by atoms with Crippen LogP contribution in [0, 0.1) is 6.92 Å². The number of rotatable bonds is 4. The molecule has 0 bridgehead atoms. The van der Waals surface area contributed by atoms with Crippen molar-refractivity contribution in [2.24, 2.45) is 0 Å². The molecule has 3 aromatic heterocycles. The highest BCUT2D eigenvalue weighted by molar-refractivity contribution is 7.28. The Balaban J connectivity index is 1.55. The van der Waals surface area contributed by atoms with E-state index in [1.165, 1.54) is 0 Å². The maximum absolute atomic E-state index is 13.4. The fourth-order valence-electron chi connectivity index (χ4n) is 4.61. The number of carbonyl (C=O) groups is 1. The zero-order valence-corrected chi connectivity index (χ0v) is 22.7. The zero-order chi connectivity index (χ0) is 25.6. The van der Waals surface area contributed by atoms with Crippen molar-refractivity contribution in [1.82, 2.24) is 18.9 Å². The van der Waals surface area contributed by atoms with Crippen LogP contribution in [-0.2, 0) is 10.3 Å². The summed E-state index contributed by atoms with van der Waals surface area (Å²) in [6, 6.07) is 8.57. The van der Waals surface area contributed by atoms with E-state index in [0.717, 1.165) is 52.1 Å². The lowest BCUT2D eigenvalue weighted by atomic mass is 9.99. The van der Waals surface area contributed by atoms with Crippen LogP contribution in [0.2, 0.25) is 0 Å². The van der Waals surface area contributed by atoms with Crippen molar-refractivity contribution in [1.29, 1.82) is 0 Å². The SMILES string of the molecule is Cc1cc(P)c(N(C)C(=O)c2cn(C(C)(C)C)cn2)cc1-c1cc(N2CCOCC2)n2cncc2c1. The Morgan fingerprint density at radius 1 is 1.11 bits per heavy atom. The second-order valence-electron chi connectivity index (χ2n) is 10.3. The van der Waals surface area contributed by atoms with Crippen molar-refractivity contribution in [3.05, 3.63) is 60.6 Å². The van der Waals surface area contributed by atoms with Gasteiger partial charge in [-0.3, -0.25) is 9.20 Å². The van der Waals surface area contributed by atoms with Crippen LogP contribution < -0.4 is 15.1 Å². The Hall–Kier alpha value is -3.22. The van der Waals surface area contributed by atoms with E-state index in [2.05, 4.69) is 80.5 Å². The molecular weight excluding hydrogens is 471 g/mol. The van der Waals surface area contributed by atoms with E-state index in [1.54, 1.807) is 18.3 Å². The molecule has 5 rings (SSSR count). The van der Waals surface area contributed by atoms with Crippen LogP contribution in [0.15, 0.2) is 49.3 Å². The molecule has 1 fully saturated rings. The fourth-order valence-corrected chi connectivity index (χ4v) is 5.13. The minimum atomic E-state index is -0.142. The Morgan fingerprint density at radius 3 is 2.56 bits per heavy atom. The number of ether oxygens (including phenoxy) is 1. The number of nitrogens with zero attached hydrogens (tertiary/aromatic N) is 6. The summed E-state index contributed by atoms with van der Waals surface area (Å²) in [5.74, 6) is 0.952. The molecule has 1 atom stereocenters. The molecule has 0 spiro atoms. The third kappa shape index (κ3) is 4.51. The number of hydrogen-bond donors (Lipinski definition) is 0. The van der Waals surface area contributed by atoms with Gasteiger partial charge in [0.2, 0.25) is 0 Å². The lowest BCUT2D eigenvalue weighted by Gasteiger charge is -2.30. The Labute approximate surface area is 214 Å². The summed E-state index contributed by atoms with van der Waals surface area (Å²) in [7, 11) is 4.58. The molecule has 1 amide bonds. The average molecular weight is 505 g/mol. The van der Waals surface area contributed by atoms with Crippen LogP contribution in [0.4, 0.5) is 11.5 Å². The molecule has 1 aromatic carbocycles. The highest BCUT2D eigenvalue weighted by Gasteiger charge is 2.22. The molecule has 1 unspecified atom stereocenters. The van der Waals surface area contributed by atoms with Gasteiger partial charge < -0.3 is 19.1 Å². The smallest absolute Gasteiger partial charge is 0.278 e. The molecule has 0 aliphatic carbocycles. The number of aromatic nitrogens is 4. The van der Waals surface area contributed by atoms with E-state index in [1.807, 2.05) is 23.3 Å². The van der Waals surface area contributed by atoms with E-state index in [4.69, 9.17) is 4.74 Å². The first-order chi connectivity index (χ1) is 17.1. The summed E-state index contributed by atoms with van der Waals surface area (Å²) >= 11 is 0. The number of pyridine rings is 1. The monoisotopic (exact) mass is 504 g/mol. The Bertz CT molecular complexity index is 1430. The second kappa shape index (κ2) is 9.34. The molecule has 36 heavy (non-hydrogen) atoms. The number of fused-ring (bicyclic) bond motifs is 1. The molecule has 9 heteroatoms. The van der Waals surface area contributed by atoms with Crippen LogP contribution in [0.25, 0.3) is 16.6 Å². The molecule has 4 aromatic rings. The number of carbonyl (C=O) groups excluding carboxylic acids is 1. The van der Waals surface area contributed by atoms with Crippen molar-refractivity contribution >= 4 is 37.5 Å². The summed E-state index contributed by atoms with van der Waals surface area (Å²) in [5, 5.41) is 0.959. The standard InChI is InChI=1S/C27H33N6O2P/c1-18-10-24(36)23(30(5)26(34)22-15-32(17-29-22)27(2,3)4)13-21(18)19-11-20-14-28-16-33(20)25(12-19)31-6-8-35-9-7-31/h10-17H,6-9,36H2,1-5H3. The predicted molar refractivity (Wildman–Crippen MR) is 148 cm³/mol. The fraction of sp³-hybridized carbons (Fsp3) is 0.370. The lowest BCUT2D eigenvalue weighted by Crippen LogP contribution is -2.37. The van der Waals surface area contributed by atoms with Gasteiger partial charge in [-0.1, -0.05) is 0 Å². The van der Waals surface area contributed by atoms with Gasteiger partial charge in [0, 0.05) is 31.9 Å². The largest absolute Gasteiger partial charge is 0.378 e. The molecule has 1 saturated heterocycles. The van der Waals surface area contributed by atoms with Gasteiger partial charge in [-0.25, -0.2) is 9.97 Å². The number of benzene rings is 1. The summed E-state index contributed by atoms with van der Waals surface area (Å²) in [6.45, 7) is 11.5. The maximum atomic E-state index is 13.4. The predicted octanol–water partition coefficient (Wildman–Crippen LogP) is 3.87. The van der Waals surface area contributed by atoms with Gasteiger partial charge in [-0.05, 0) is 74.0 Å². The molecule has 0 saturated carbocycles. The number of anilines is 2. The Morgan fingerprint density at radius 2 is 1.86 bits per heavy atom. The molecule has 1 aliphatic rings. The zero-order valence-electron chi connectivity index (χ0n) is 21.5. The maximum Gasteiger partial charge on any atom is 0.278 e. The summed E-state index contributed by atoms with van der Waals surface area (Å²) in [6.07, 6.45) is 7.28. The molecule has 4 heterocycles. The molecule has 0 radical (unpaired) electrons. The third-order valence-electron chi connectivity index (χ3n) is 6.76. The quantitative estimate of drug-likeness (QED) is 0.395. The van der Waals surface area contributed by atoms with E-state index in [-0.39, 0.29) is 11.4 Å². The first-order valence-electron chi connectivity index (χ1n) is 12.2. The minimum absolute atomic E-state index is 0.141. The van der Waals surface area contributed by atoms with Gasteiger partial charge in [0.1, 0.15) is 17.8 Å². The summed E-state index contributed by atoms with van der Waals surface area (Å²) < 4.78 is 9.65. The van der Waals surface area contributed by atoms with Gasteiger partial charge in [0.25, 0.3) is 5.91 Å². The van der Waals surface area contributed by atoms with Crippen LogP contribution in [0.5, 0.6) is 0 Å². The molecule has 1 aliphatic heterocycles. The van der Waals surface area contributed by atoms with Crippen molar-refractivity contribution in [2.45, 2.75) is 33.2 Å². The summed E-state index contributed by atoms with van der Waals surface area (Å²) in [5.41, 5.74) is 5.45. The van der Waals surface area contributed by atoms with Crippen LogP contribution in [0.1, 0.15) is 36.8 Å². The van der Waals surface area contributed by atoms with Crippen molar-refractivity contribution in [2.75, 3.05) is 43.2 Å². The number of hydrogen-bond acceptors (Lipinski definition) is 5. The Kier molecular flexibility index (Phi) is 6.35. The van der Waals surface area contributed by atoms with E-state index < -0.39 is 0 Å². The average Bonchev–Trinajstić information content (AvgIpc) is 3.53. The highest BCUT2D eigenvalue weighted by Crippen LogP contribution is 2.33. The van der Waals surface area contributed by atoms with Gasteiger partial charge in [-0.2, -0.15) is 0 Å². The number of morpholine rings is 1. The van der Waals surface area contributed by atoms with Crippen molar-refractivity contribution < 1.29 is 9.53 Å². The van der Waals surface area contributed by atoms with Crippen LogP contribution >= 0.6 is 9.24 Å². The van der Waals surface area contributed by atoms with E-state index in [9.17, 15) is 4.79 Å². The van der Waals surface area contributed by atoms with E-state index in [0.29, 0.717) is 18.9 Å². The van der Waals surface area contributed by atoms with Crippen LogP contribution in [-0.4, -0.2) is 58.2 Å². The number of imidazole rings is 2. The first kappa shape index (κ1) is 24.5. The number of aryl methyl sites for hydroxylation is 1. The molecule has 0 N–H and O–H groups in total. The first-order valence-corrected chi connectivity index (χ1v) is 12.7. The lowest BCUT2D eigenvalue weighted by molar-refractivity contribution is 0.0988. The molecule has 188 valence electrons. The van der Waals surface area contributed by atoms with Crippen molar-refractivity contribution in [3.8, 4) is 11.1 Å². The third-order valence-corrected chi connectivity index (χ3v) is 7.23. The normalized spacial score (nSPS) is 14.4. The van der Waals surface area contributed by atoms with Crippen LogP contribution in [0.3, 0.4) is 0 Å². The van der Waals surface area contributed by atoms with Gasteiger partial charge in [0.05, 0.1) is 36.9 Å². The molecular formula is C27H33N6O2P. The minimum Gasteiger partial charge on any atom is -0.378 e. The van der Waals surface area contributed by atoms with E-state index >= 15 is 0 Å². The molecule has 8 nitrogen and oxygen atoms in total. The number of amides is 1. The topological polar surface area (TPSA) is 67.9 Å². The van der Waals surface area contributed by atoms with Gasteiger partial charge in [-0.15, -0.1) is 9.24 Å².